The molecule has 0 aromatic carbocycles. The summed E-state index contributed by atoms with van der Waals surface area (Å²) in [4.78, 5) is 0. The van der Waals surface area contributed by atoms with E-state index in [1.54, 1.807) is 0 Å². The van der Waals surface area contributed by atoms with E-state index >= 15 is 0 Å². The molecule has 0 aliphatic carbocycles. The minimum absolute atomic E-state index is 0.954. The molecular weight excluding hydrogens is 431 g/mol. The lowest BCUT2D eigenvalue weighted by Crippen LogP contribution is -2.80. The number of hydrogen-bond donors (Lipinski definition) is 0. The molecule has 0 aromatic heterocycles. The standard InChI is InChI=1S/B37P/c1-21(2)31(22(3)4)36(32(23(5)6)24(7)8)38(35(29(17)18)30(19)20)37(33(25(9)10)26(11)12)34(27(13)14)28(15)16. The fourth-order valence-electron chi connectivity index (χ4n) is 5.41. The Hall–Kier alpha value is 2.83. The summed E-state index contributed by atoms with van der Waals surface area (Å²) in [5.41, 5.74) is 0. The Morgan fingerprint density at radius 3 is 0.474 bits per heavy atom. The summed E-state index contributed by atoms with van der Waals surface area (Å²) in [6.45, 7) is 0. The van der Waals surface area contributed by atoms with Crippen LogP contribution in [-0.4, -0.2) is 263 Å². The van der Waals surface area contributed by atoms with Crippen molar-refractivity contribution in [1.29, 1.82) is 0 Å². The van der Waals surface area contributed by atoms with Crippen LogP contribution in [0.4, 0.5) is 0 Å². The zero-order chi connectivity index (χ0) is 30.4. The molecule has 0 aliphatic heterocycles. The molecule has 0 spiro atoms. The van der Waals surface area contributed by atoms with Crippen molar-refractivity contribution in [2.75, 3.05) is 0 Å². The van der Waals surface area contributed by atoms with Gasteiger partial charge in [0.05, 0.1) is 18.6 Å². The molecule has 0 atom stereocenters. The summed E-state index contributed by atoms with van der Waals surface area (Å²) in [6.07, 6.45) is -18.5. The van der Waals surface area contributed by atoms with Crippen LogP contribution in [-0.2, 0) is 0 Å². The van der Waals surface area contributed by atoms with Crippen LogP contribution in [0.1, 0.15) is 0 Å². The highest BCUT2D eigenvalue weighted by atomic mass is 31.1. The molecule has 0 bridgehead atoms. The normalized spacial score (nSPS) is 9.82. The van der Waals surface area contributed by atoms with Gasteiger partial charge >= 0.3 is 0 Å². The van der Waals surface area contributed by atoms with Gasteiger partial charge in [-0.3, -0.25) is 7.56 Å². The van der Waals surface area contributed by atoms with Crippen LogP contribution in [0, 0.1) is 0 Å². The van der Waals surface area contributed by atoms with Crippen LogP contribution < -0.4 is 0 Å². The monoisotopic (exact) mass is 438 g/mol. The van der Waals surface area contributed by atoms with E-state index in [9.17, 15) is 0 Å². The molecule has 0 rings (SSSR count). The molecule has 0 amide bonds. The van der Waals surface area contributed by atoms with Crippen molar-refractivity contribution < 1.29 is 0 Å². The second-order valence-corrected chi connectivity index (χ2v) is 12.7. The summed E-state index contributed by atoms with van der Waals surface area (Å²) in [5.74, 6) is 0. The van der Waals surface area contributed by atoms with Crippen LogP contribution in [0.15, 0.2) is 0 Å². The fraction of sp³-hybridized carbons (Fsp3) is 0. The van der Waals surface area contributed by atoms with E-state index in [2.05, 4.69) is 0 Å². The Bertz CT molecular complexity index is 484. The van der Waals surface area contributed by atoms with Crippen LogP contribution in [0.25, 0.3) is 0 Å². The van der Waals surface area contributed by atoms with Gasteiger partial charge in [0.2, 0.25) is 0 Å². The second-order valence-electron chi connectivity index (χ2n) is 10.0. The fourth-order valence-corrected chi connectivity index (χ4v) is 10.6. The van der Waals surface area contributed by atoms with Crippen molar-refractivity contribution in [1.82, 2.24) is 0 Å². The SMILES string of the molecule is [B]B([B])B(B([B])[B])B(B(B([B])[B])B([B])[B])P(B(B([B])[B])B([B])[B])B(B(B([B])[B])B([B])[B])B(B([B])[B])B([B])[B]. The molecule has 0 nitrogen and oxygen atoms in total. The predicted octanol–water partition coefficient (Wildman–Crippen LogP) is -13.2. The zero-order valence-electron chi connectivity index (χ0n) is 21.8. The first kappa shape index (κ1) is 40.8. The maximum absolute atomic E-state index is 6.26. The molecule has 0 saturated heterocycles. The first-order valence-electron chi connectivity index (χ1n) is 12.1. The average molecular weight is 431 g/mol. The molecule has 0 fully saturated rings. The molecule has 0 saturated carbocycles. The van der Waals surface area contributed by atoms with Crippen molar-refractivity contribution in [3.8, 4) is 0 Å². The lowest BCUT2D eigenvalue weighted by molar-refractivity contribution is 3.33. The van der Waals surface area contributed by atoms with Gasteiger partial charge in [-0.2, -0.15) is 0 Å². The van der Waals surface area contributed by atoms with E-state index in [-0.39, 0.29) is 0 Å². The van der Waals surface area contributed by atoms with E-state index in [0.717, 1.165) is 0 Å². The third-order valence-corrected chi connectivity index (χ3v) is 11.1. The Morgan fingerprint density at radius 1 is 0.211 bits per heavy atom. The Morgan fingerprint density at radius 2 is 0.368 bits per heavy atom. The topological polar surface area (TPSA) is 0 Å². The van der Waals surface area contributed by atoms with Gasteiger partial charge in [0.25, 0.3) is 0 Å². The Kier molecular flexibility index (Phi) is 20.0. The molecule has 0 aromatic rings. The van der Waals surface area contributed by atoms with Crippen molar-refractivity contribution in [3.63, 3.8) is 0 Å². The van der Waals surface area contributed by atoms with E-state index in [1.807, 2.05) is 0 Å². The van der Waals surface area contributed by atoms with Crippen LogP contribution in [0.3, 0.4) is 0 Å². The highest BCUT2D eigenvalue weighted by Crippen LogP contribution is 2.49. The Labute approximate surface area is 268 Å². The van der Waals surface area contributed by atoms with E-state index in [0.29, 0.717) is 0 Å². The van der Waals surface area contributed by atoms with Crippen LogP contribution in [0.2, 0.25) is 0 Å². The number of hydrogen-bond acceptors (Lipinski definition) is 0. The molecule has 116 valence electrons. The maximum Gasteiger partial charge on any atom is 0.0527 e. The molecule has 38 heteroatoms. The van der Waals surface area contributed by atoms with Gasteiger partial charge in [-0.05, 0) is 0 Å². The quantitative estimate of drug-likeness (QED) is 0.159. The Balaban J connectivity index is 8.12. The van der Waals surface area contributed by atoms with Gasteiger partial charge in [-0.25, -0.2) is 0 Å². The van der Waals surface area contributed by atoms with Gasteiger partial charge in [-0.15, -0.1) is 0 Å². The third kappa shape index (κ3) is 11.1. The van der Waals surface area contributed by atoms with Gasteiger partial charge in [0.1, 0.15) is 0 Å². The summed E-state index contributed by atoms with van der Waals surface area (Å²) >= 11 is 0. The minimum atomic E-state index is -2.03. The highest BCUT2D eigenvalue weighted by Gasteiger charge is 2.55. The third-order valence-electron chi connectivity index (χ3n) is 6.95. The summed E-state index contributed by atoms with van der Waals surface area (Å²) in [5, 5.41) is 0. The second kappa shape index (κ2) is 18.6. The summed E-state index contributed by atoms with van der Waals surface area (Å²) in [7, 11) is 122. The highest BCUT2D eigenvalue weighted by molar-refractivity contribution is 8.60. The lowest BCUT2D eigenvalue weighted by Gasteiger charge is -2.56. The first-order chi connectivity index (χ1) is 17.2. The van der Waals surface area contributed by atoms with Gasteiger partial charge in [0, 0.05) is 244 Å². The maximum atomic E-state index is 6.26. The molecule has 0 heterocycles. The molecule has 0 N–H and O–H groups in total. The van der Waals surface area contributed by atoms with Crippen LogP contribution >= 0.6 is 7.56 Å². The molecular formula is B37P. The lowest BCUT2D eigenvalue weighted by atomic mass is 8.51. The summed E-state index contributed by atoms with van der Waals surface area (Å²) < 4.78 is 0. The molecule has 0 aliphatic rings. The largest absolute Gasteiger partial charge is 0.253 e. The van der Waals surface area contributed by atoms with Crippen molar-refractivity contribution in [3.05, 3.63) is 0 Å². The van der Waals surface area contributed by atoms with Crippen molar-refractivity contribution >= 4 is 270 Å². The number of rotatable bonds is 17. The van der Waals surface area contributed by atoms with Crippen molar-refractivity contribution in [2.24, 2.45) is 0 Å². The van der Waals surface area contributed by atoms with E-state index < -0.39 is 116 Å². The molecule has 0 unspecified atom stereocenters. The van der Waals surface area contributed by atoms with Crippen LogP contribution in [0.5, 0.6) is 0 Å². The van der Waals surface area contributed by atoms with Crippen molar-refractivity contribution in [2.45, 2.75) is 0 Å². The van der Waals surface area contributed by atoms with Gasteiger partial charge in [0.15, 0.2) is 0 Å². The van der Waals surface area contributed by atoms with E-state index in [4.69, 9.17) is 155 Å². The van der Waals surface area contributed by atoms with Gasteiger partial charge in [-0.1, -0.05) is 0 Å². The molecule has 38 heavy (non-hydrogen) atoms. The molecule has 40 radical (unpaired) electrons. The van der Waals surface area contributed by atoms with Gasteiger partial charge < -0.3 is 0 Å². The average Bonchev–Trinajstić information content (AvgIpc) is 2.67. The first-order valence-corrected chi connectivity index (χ1v) is 13.7. The van der Waals surface area contributed by atoms with E-state index in [1.165, 1.54) is 0 Å². The summed E-state index contributed by atoms with van der Waals surface area (Å²) in [6, 6.07) is 0. The zero-order valence-corrected chi connectivity index (χ0v) is 22.7. The minimum Gasteiger partial charge on any atom is -0.253 e. The predicted molar refractivity (Wildman–Crippen MR) is 220 cm³/mol. The smallest absolute Gasteiger partial charge is 0.0527 e.